The molecule has 0 aliphatic rings. The highest BCUT2D eigenvalue weighted by Crippen LogP contribution is 2.19. The zero-order valence-electron chi connectivity index (χ0n) is 6.64. The van der Waals surface area contributed by atoms with Crippen LogP contribution in [0.5, 0.6) is 0 Å². The predicted octanol–water partition coefficient (Wildman–Crippen LogP) is 0.900. The van der Waals surface area contributed by atoms with E-state index in [1.165, 1.54) is 12.1 Å². The minimum absolute atomic E-state index is 0.204. The molecule has 0 atom stereocenters. The highest BCUT2D eigenvalue weighted by molar-refractivity contribution is 5.76. The lowest BCUT2D eigenvalue weighted by Gasteiger charge is -1.98. The lowest BCUT2D eigenvalue weighted by Crippen LogP contribution is -1.96. The molecule has 0 saturated carbocycles. The van der Waals surface area contributed by atoms with E-state index < -0.39 is 11.5 Å². The van der Waals surface area contributed by atoms with Crippen molar-refractivity contribution in [2.24, 2.45) is 0 Å². The van der Waals surface area contributed by atoms with E-state index in [9.17, 15) is 14.9 Å². The van der Waals surface area contributed by atoms with E-state index in [-0.39, 0.29) is 16.8 Å². The number of nitro groups is 1. The van der Waals surface area contributed by atoms with E-state index in [1.54, 1.807) is 0 Å². The number of nitrogens with zero attached hydrogens (tertiary/aromatic N) is 1. The average molecular weight is 181 g/mol. The molecule has 0 aromatic heterocycles. The lowest BCUT2D eigenvalue weighted by molar-refractivity contribution is -0.385. The number of aliphatic hydroxyl groups is 1. The Kier molecular flexibility index (Phi) is 2.71. The maximum atomic E-state index is 10.4. The highest BCUT2D eigenvalue weighted by Gasteiger charge is 2.12. The summed E-state index contributed by atoms with van der Waals surface area (Å²) in [5.74, 6) is 0. The van der Waals surface area contributed by atoms with E-state index in [1.807, 2.05) is 0 Å². The topological polar surface area (TPSA) is 80.4 Å². The lowest BCUT2D eigenvalue weighted by atomic mass is 10.1. The summed E-state index contributed by atoms with van der Waals surface area (Å²) in [7, 11) is 0. The van der Waals surface area contributed by atoms with Gasteiger partial charge in [-0.25, -0.2) is 0 Å². The van der Waals surface area contributed by atoms with Crippen molar-refractivity contribution in [2.75, 3.05) is 0 Å². The summed E-state index contributed by atoms with van der Waals surface area (Å²) in [5, 5.41) is 19.2. The van der Waals surface area contributed by atoms with Crippen LogP contribution in [-0.2, 0) is 6.61 Å². The third kappa shape index (κ3) is 1.88. The molecule has 0 heterocycles. The Morgan fingerprint density at radius 1 is 1.54 bits per heavy atom. The Labute approximate surface area is 73.8 Å². The highest BCUT2D eigenvalue weighted by atomic mass is 16.6. The second kappa shape index (κ2) is 3.77. The van der Waals surface area contributed by atoms with Crippen LogP contribution in [0.25, 0.3) is 0 Å². The smallest absolute Gasteiger partial charge is 0.275 e. The normalized spacial score (nSPS) is 9.62. The maximum Gasteiger partial charge on any atom is 0.275 e. The van der Waals surface area contributed by atoms with Gasteiger partial charge >= 0.3 is 0 Å². The van der Waals surface area contributed by atoms with E-state index >= 15 is 0 Å². The van der Waals surface area contributed by atoms with Crippen molar-refractivity contribution in [3.63, 3.8) is 0 Å². The Bertz CT molecular complexity index is 348. The Morgan fingerprint density at radius 3 is 2.69 bits per heavy atom. The first-order valence-electron chi connectivity index (χ1n) is 3.52. The quantitative estimate of drug-likeness (QED) is 0.426. The zero-order chi connectivity index (χ0) is 9.84. The van der Waals surface area contributed by atoms with Crippen LogP contribution in [0.4, 0.5) is 5.69 Å². The molecule has 0 unspecified atom stereocenters. The molecule has 5 heteroatoms. The minimum atomic E-state index is -0.626. The van der Waals surface area contributed by atoms with Crippen molar-refractivity contribution < 1.29 is 14.8 Å². The molecule has 1 rings (SSSR count). The standard InChI is InChI=1S/C8H7NO4/c10-4-6-1-2-7(5-11)8(3-6)9(12)13/h1-4,11H,5H2. The van der Waals surface area contributed by atoms with Gasteiger partial charge in [-0.1, -0.05) is 6.07 Å². The number of rotatable bonds is 3. The molecule has 68 valence electrons. The van der Waals surface area contributed by atoms with E-state index in [2.05, 4.69) is 0 Å². The summed E-state index contributed by atoms with van der Waals surface area (Å²) >= 11 is 0. The summed E-state index contributed by atoms with van der Waals surface area (Å²) in [6.07, 6.45) is 0.522. The van der Waals surface area contributed by atoms with Gasteiger partial charge in [0, 0.05) is 11.6 Å². The molecular weight excluding hydrogens is 174 g/mol. The van der Waals surface area contributed by atoms with Crippen molar-refractivity contribution in [2.45, 2.75) is 6.61 Å². The molecule has 13 heavy (non-hydrogen) atoms. The number of hydrogen-bond acceptors (Lipinski definition) is 4. The average Bonchev–Trinajstić information content (AvgIpc) is 2.16. The van der Waals surface area contributed by atoms with Gasteiger partial charge in [0.15, 0.2) is 0 Å². The van der Waals surface area contributed by atoms with Crippen LogP contribution in [0.15, 0.2) is 18.2 Å². The number of benzene rings is 1. The van der Waals surface area contributed by atoms with Gasteiger partial charge in [0.2, 0.25) is 0 Å². The molecule has 0 saturated heterocycles. The number of carbonyl (C=O) groups excluding carboxylic acids is 1. The second-order valence-corrected chi connectivity index (χ2v) is 2.42. The molecule has 5 nitrogen and oxygen atoms in total. The van der Waals surface area contributed by atoms with Crippen LogP contribution in [0, 0.1) is 10.1 Å². The zero-order valence-corrected chi connectivity index (χ0v) is 6.64. The summed E-state index contributed by atoms with van der Waals surface area (Å²) in [5.41, 5.74) is 0.201. The van der Waals surface area contributed by atoms with Crippen LogP contribution in [0.2, 0.25) is 0 Å². The van der Waals surface area contributed by atoms with E-state index in [4.69, 9.17) is 5.11 Å². The van der Waals surface area contributed by atoms with Crippen LogP contribution in [0.3, 0.4) is 0 Å². The van der Waals surface area contributed by atoms with Gasteiger partial charge < -0.3 is 5.11 Å². The summed E-state index contributed by atoms with van der Waals surface area (Å²) in [4.78, 5) is 20.1. The first-order chi connectivity index (χ1) is 6.19. The third-order valence-electron chi connectivity index (χ3n) is 1.61. The van der Waals surface area contributed by atoms with Crippen molar-refractivity contribution >= 4 is 12.0 Å². The Hall–Kier alpha value is -1.75. The molecule has 0 fully saturated rings. The van der Waals surface area contributed by atoms with Crippen molar-refractivity contribution in [3.05, 3.63) is 39.4 Å². The number of aldehydes is 1. The Balaban J connectivity index is 3.25. The molecular formula is C8H7NO4. The molecule has 0 spiro atoms. The summed E-state index contributed by atoms with van der Waals surface area (Å²) in [6, 6.07) is 3.92. The molecule has 0 aliphatic heterocycles. The van der Waals surface area contributed by atoms with Crippen molar-refractivity contribution in [3.8, 4) is 0 Å². The van der Waals surface area contributed by atoms with Crippen LogP contribution >= 0.6 is 0 Å². The molecule has 0 amide bonds. The fourth-order valence-corrected chi connectivity index (χ4v) is 0.958. The fraction of sp³-hybridized carbons (Fsp3) is 0.125. The number of carbonyl (C=O) groups is 1. The van der Waals surface area contributed by atoms with Crippen molar-refractivity contribution in [1.82, 2.24) is 0 Å². The van der Waals surface area contributed by atoms with Gasteiger partial charge in [-0.05, 0) is 6.07 Å². The first kappa shape index (κ1) is 9.34. The predicted molar refractivity (Wildman–Crippen MR) is 44.4 cm³/mol. The maximum absolute atomic E-state index is 10.4. The molecule has 1 aromatic rings. The summed E-state index contributed by atoms with van der Waals surface area (Å²) in [6.45, 7) is -0.407. The fourth-order valence-electron chi connectivity index (χ4n) is 0.958. The van der Waals surface area contributed by atoms with E-state index in [0.29, 0.717) is 6.29 Å². The molecule has 0 bridgehead atoms. The largest absolute Gasteiger partial charge is 0.391 e. The van der Waals surface area contributed by atoms with Gasteiger partial charge in [-0.15, -0.1) is 0 Å². The van der Waals surface area contributed by atoms with Crippen LogP contribution < -0.4 is 0 Å². The summed E-state index contributed by atoms with van der Waals surface area (Å²) < 4.78 is 0. The molecule has 1 aromatic carbocycles. The van der Waals surface area contributed by atoms with Gasteiger partial charge in [0.1, 0.15) is 6.29 Å². The molecule has 0 radical (unpaired) electrons. The third-order valence-corrected chi connectivity index (χ3v) is 1.61. The number of hydrogen-bond donors (Lipinski definition) is 1. The SMILES string of the molecule is O=Cc1ccc(CO)c([N+](=O)[O-])c1. The van der Waals surface area contributed by atoms with Gasteiger partial charge in [-0.2, -0.15) is 0 Å². The Morgan fingerprint density at radius 2 is 2.23 bits per heavy atom. The number of nitro benzene ring substituents is 1. The first-order valence-corrected chi connectivity index (χ1v) is 3.52. The second-order valence-electron chi connectivity index (χ2n) is 2.42. The van der Waals surface area contributed by atoms with Gasteiger partial charge in [0.05, 0.1) is 17.1 Å². The monoisotopic (exact) mass is 181 g/mol. The van der Waals surface area contributed by atoms with Crippen LogP contribution in [-0.4, -0.2) is 16.3 Å². The molecule has 1 N–H and O–H groups in total. The van der Waals surface area contributed by atoms with Gasteiger partial charge in [0.25, 0.3) is 5.69 Å². The van der Waals surface area contributed by atoms with Crippen LogP contribution in [0.1, 0.15) is 15.9 Å². The minimum Gasteiger partial charge on any atom is -0.391 e. The molecule has 0 aliphatic carbocycles. The van der Waals surface area contributed by atoms with Crippen molar-refractivity contribution in [1.29, 1.82) is 0 Å². The van der Waals surface area contributed by atoms with E-state index in [0.717, 1.165) is 6.07 Å². The van der Waals surface area contributed by atoms with Gasteiger partial charge in [-0.3, -0.25) is 14.9 Å². The number of aliphatic hydroxyl groups excluding tert-OH is 1.